The van der Waals surface area contributed by atoms with Crippen molar-refractivity contribution in [1.29, 1.82) is 0 Å². The summed E-state index contributed by atoms with van der Waals surface area (Å²) in [7, 11) is 0. The number of fused-ring (bicyclic) bond motifs is 1. The van der Waals surface area contributed by atoms with Crippen molar-refractivity contribution in [3.05, 3.63) is 59.0 Å². The van der Waals surface area contributed by atoms with Gasteiger partial charge in [0.2, 0.25) is 0 Å². The van der Waals surface area contributed by atoms with E-state index < -0.39 is 0 Å². The van der Waals surface area contributed by atoms with Crippen molar-refractivity contribution in [2.24, 2.45) is 0 Å². The lowest BCUT2D eigenvalue weighted by Gasteiger charge is -2.03. The Balaban J connectivity index is 2.23. The molecule has 3 aromatic rings. The third-order valence-electron chi connectivity index (χ3n) is 2.60. The molecule has 1 aromatic heterocycles. The van der Waals surface area contributed by atoms with E-state index in [9.17, 15) is 4.39 Å². The first-order chi connectivity index (χ1) is 8.24. The standard InChI is InChI=1S/C13H8BrFN2/c14-10-2-5-12(6-3-10)17-13-7-11(15)4-1-9(13)8-16-17/h1-8H. The van der Waals surface area contributed by atoms with Gasteiger partial charge in [0.05, 0.1) is 17.4 Å². The van der Waals surface area contributed by atoms with Crippen LogP contribution in [0.5, 0.6) is 0 Å². The topological polar surface area (TPSA) is 17.8 Å². The van der Waals surface area contributed by atoms with Gasteiger partial charge in [0.1, 0.15) is 5.82 Å². The van der Waals surface area contributed by atoms with Gasteiger partial charge < -0.3 is 0 Å². The maximum Gasteiger partial charge on any atom is 0.125 e. The Labute approximate surface area is 106 Å². The summed E-state index contributed by atoms with van der Waals surface area (Å²) in [6.07, 6.45) is 1.73. The smallest absolute Gasteiger partial charge is 0.125 e. The predicted molar refractivity (Wildman–Crippen MR) is 68.7 cm³/mol. The Kier molecular flexibility index (Phi) is 2.44. The summed E-state index contributed by atoms with van der Waals surface area (Å²) in [5.41, 5.74) is 1.68. The molecule has 17 heavy (non-hydrogen) atoms. The second kappa shape index (κ2) is 3.96. The molecule has 2 nitrogen and oxygen atoms in total. The first kappa shape index (κ1) is 10.5. The highest BCUT2D eigenvalue weighted by atomic mass is 79.9. The van der Waals surface area contributed by atoms with Crippen LogP contribution in [0.3, 0.4) is 0 Å². The highest BCUT2D eigenvalue weighted by Gasteiger charge is 2.05. The Morgan fingerprint density at radius 3 is 2.59 bits per heavy atom. The van der Waals surface area contributed by atoms with Gasteiger partial charge in [-0.3, -0.25) is 0 Å². The molecule has 0 amide bonds. The molecule has 0 bridgehead atoms. The van der Waals surface area contributed by atoms with E-state index in [1.807, 2.05) is 24.3 Å². The zero-order valence-electron chi connectivity index (χ0n) is 8.77. The van der Waals surface area contributed by atoms with Crippen LogP contribution in [0.2, 0.25) is 0 Å². The van der Waals surface area contributed by atoms with Gasteiger partial charge in [-0.1, -0.05) is 15.9 Å². The molecule has 2 aromatic carbocycles. The fourth-order valence-electron chi connectivity index (χ4n) is 1.78. The minimum Gasteiger partial charge on any atom is -0.233 e. The molecule has 0 spiro atoms. The largest absolute Gasteiger partial charge is 0.233 e. The van der Waals surface area contributed by atoms with Crippen molar-refractivity contribution >= 4 is 26.8 Å². The summed E-state index contributed by atoms with van der Waals surface area (Å²) in [6, 6.07) is 12.4. The van der Waals surface area contributed by atoms with E-state index in [-0.39, 0.29) is 5.82 Å². The molecule has 84 valence electrons. The van der Waals surface area contributed by atoms with E-state index in [0.29, 0.717) is 0 Å². The molecule has 0 atom stereocenters. The third-order valence-corrected chi connectivity index (χ3v) is 3.13. The van der Waals surface area contributed by atoms with Gasteiger partial charge >= 0.3 is 0 Å². The van der Waals surface area contributed by atoms with Crippen molar-refractivity contribution in [3.63, 3.8) is 0 Å². The van der Waals surface area contributed by atoms with Gasteiger partial charge in [-0.05, 0) is 36.4 Å². The summed E-state index contributed by atoms with van der Waals surface area (Å²) < 4.78 is 16.0. The molecular weight excluding hydrogens is 283 g/mol. The minimum absolute atomic E-state index is 0.253. The average molecular weight is 291 g/mol. The normalized spacial score (nSPS) is 10.9. The van der Waals surface area contributed by atoms with Crippen molar-refractivity contribution < 1.29 is 4.39 Å². The van der Waals surface area contributed by atoms with Crippen molar-refractivity contribution in [1.82, 2.24) is 9.78 Å². The maximum absolute atomic E-state index is 13.2. The van der Waals surface area contributed by atoms with Gasteiger partial charge in [-0.2, -0.15) is 5.10 Å². The zero-order valence-corrected chi connectivity index (χ0v) is 10.4. The predicted octanol–water partition coefficient (Wildman–Crippen LogP) is 3.93. The molecular formula is C13H8BrFN2. The van der Waals surface area contributed by atoms with Gasteiger partial charge in [0, 0.05) is 15.9 Å². The van der Waals surface area contributed by atoms with E-state index in [0.717, 1.165) is 21.1 Å². The van der Waals surface area contributed by atoms with Crippen molar-refractivity contribution in [3.8, 4) is 5.69 Å². The van der Waals surface area contributed by atoms with E-state index in [2.05, 4.69) is 21.0 Å². The summed E-state index contributed by atoms with van der Waals surface area (Å²) >= 11 is 3.38. The van der Waals surface area contributed by atoms with E-state index >= 15 is 0 Å². The number of halogens is 2. The maximum atomic E-state index is 13.2. The first-order valence-electron chi connectivity index (χ1n) is 5.13. The molecule has 4 heteroatoms. The van der Waals surface area contributed by atoms with Crippen molar-refractivity contribution in [2.75, 3.05) is 0 Å². The van der Waals surface area contributed by atoms with E-state index in [1.165, 1.54) is 12.1 Å². The number of benzene rings is 2. The van der Waals surface area contributed by atoms with E-state index in [1.54, 1.807) is 16.9 Å². The number of hydrogen-bond donors (Lipinski definition) is 0. The Bertz CT molecular complexity index is 673. The van der Waals surface area contributed by atoms with Crippen LogP contribution in [0.25, 0.3) is 16.6 Å². The molecule has 0 fully saturated rings. The van der Waals surface area contributed by atoms with Crippen LogP contribution < -0.4 is 0 Å². The van der Waals surface area contributed by atoms with Crippen LogP contribution in [-0.2, 0) is 0 Å². The molecule has 0 N–H and O–H groups in total. The number of nitrogens with zero attached hydrogens (tertiary/aromatic N) is 2. The van der Waals surface area contributed by atoms with Gasteiger partial charge in [0.25, 0.3) is 0 Å². The quantitative estimate of drug-likeness (QED) is 0.664. The lowest BCUT2D eigenvalue weighted by atomic mass is 10.2. The highest BCUT2D eigenvalue weighted by Crippen LogP contribution is 2.20. The lowest BCUT2D eigenvalue weighted by Crippen LogP contribution is -1.95. The summed E-state index contributed by atoms with van der Waals surface area (Å²) in [5.74, 6) is -0.253. The second-order valence-electron chi connectivity index (χ2n) is 3.74. The van der Waals surface area contributed by atoms with Gasteiger partial charge in [-0.15, -0.1) is 0 Å². The highest BCUT2D eigenvalue weighted by molar-refractivity contribution is 9.10. The Morgan fingerprint density at radius 1 is 1.06 bits per heavy atom. The monoisotopic (exact) mass is 290 g/mol. The van der Waals surface area contributed by atoms with E-state index in [4.69, 9.17) is 0 Å². The minimum atomic E-state index is -0.253. The molecule has 0 aliphatic heterocycles. The third kappa shape index (κ3) is 1.85. The Morgan fingerprint density at radius 2 is 1.82 bits per heavy atom. The molecule has 0 unspecified atom stereocenters. The van der Waals surface area contributed by atoms with Crippen LogP contribution in [-0.4, -0.2) is 9.78 Å². The van der Waals surface area contributed by atoms with Gasteiger partial charge in [0.15, 0.2) is 0 Å². The molecule has 0 saturated carbocycles. The summed E-state index contributed by atoms with van der Waals surface area (Å²) in [5, 5.41) is 5.20. The molecule has 0 aliphatic carbocycles. The first-order valence-corrected chi connectivity index (χ1v) is 5.92. The van der Waals surface area contributed by atoms with Gasteiger partial charge in [-0.25, -0.2) is 9.07 Å². The van der Waals surface area contributed by atoms with Crippen LogP contribution in [0.1, 0.15) is 0 Å². The Hall–Kier alpha value is -1.68. The molecule has 1 heterocycles. The SMILES string of the molecule is Fc1ccc2cnn(-c3ccc(Br)cc3)c2c1. The molecule has 0 aliphatic rings. The lowest BCUT2D eigenvalue weighted by molar-refractivity contribution is 0.629. The molecule has 0 saturated heterocycles. The average Bonchev–Trinajstić information content (AvgIpc) is 2.73. The fraction of sp³-hybridized carbons (Fsp3) is 0. The zero-order chi connectivity index (χ0) is 11.8. The molecule has 0 radical (unpaired) electrons. The van der Waals surface area contributed by atoms with Crippen molar-refractivity contribution in [2.45, 2.75) is 0 Å². The second-order valence-corrected chi connectivity index (χ2v) is 4.65. The van der Waals surface area contributed by atoms with Crippen LogP contribution in [0, 0.1) is 5.82 Å². The number of hydrogen-bond acceptors (Lipinski definition) is 1. The van der Waals surface area contributed by atoms with Crippen LogP contribution in [0.15, 0.2) is 53.1 Å². The fourth-order valence-corrected chi connectivity index (χ4v) is 2.04. The van der Waals surface area contributed by atoms with Crippen LogP contribution in [0.4, 0.5) is 4.39 Å². The summed E-state index contributed by atoms with van der Waals surface area (Å²) in [4.78, 5) is 0. The number of rotatable bonds is 1. The summed E-state index contributed by atoms with van der Waals surface area (Å²) in [6.45, 7) is 0. The molecule has 3 rings (SSSR count). The van der Waals surface area contributed by atoms with Crippen LogP contribution >= 0.6 is 15.9 Å². The number of aromatic nitrogens is 2.